The monoisotopic (exact) mass is 236 g/mol. The fraction of sp³-hybridized carbons (Fsp3) is 0.545. The molecule has 1 aliphatic heterocycles. The lowest BCUT2D eigenvalue weighted by Crippen LogP contribution is -2.24. The first kappa shape index (κ1) is 11.8. The number of hydrogen-bond donors (Lipinski definition) is 2. The van der Waals surface area contributed by atoms with Gasteiger partial charge in [0.2, 0.25) is 0 Å². The number of nitrogens with zero attached hydrogens (tertiary/aromatic N) is 3. The van der Waals surface area contributed by atoms with Gasteiger partial charge in [0, 0.05) is 32.7 Å². The van der Waals surface area contributed by atoms with Crippen molar-refractivity contribution in [2.75, 3.05) is 31.6 Å². The molecule has 0 bridgehead atoms. The predicted octanol–water partition coefficient (Wildman–Crippen LogP) is -0.345. The van der Waals surface area contributed by atoms with E-state index in [1.165, 1.54) is 0 Å². The molecule has 0 radical (unpaired) electrons. The summed E-state index contributed by atoms with van der Waals surface area (Å²) in [5, 5.41) is 19.5. The Bertz CT molecular complexity index is 393. The number of carbonyl (C=O) groups is 1. The minimum atomic E-state index is -0.237. The molecule has 1 saturated heterocycles. The lowest BCUT2D eigenvalue weighted by Gasteiger charge is -2.16. The van der Waals surface area contributed by atoms with Crippen LogP contribution in [0.2, 0.25) is 0 Å². The summed E-state index contributed by atoms with van der Waals surface area (Å²) < 4.78 is 0. The van der Waals surface area contributed by atoms with Crippen LogP contribution in [0.4, 0.5) is 5.82 Å². The summed E-state index contributed by atoms with van der Waals surface area (Å²) >= 11 is 0. The Morgan fingerprint density at radius 3 is 2.94 bits per heavy atom. The van der Waals surface area contributed by atoms with E-state index in [9.17, 15) is 4.79 Å². The molecule has 2 heterocycles. The van der Waals surface area contributed by atoms with Crippen LogP contribution in [-0.2, 0) is 0 Å². The van der Waals surface area contributed by atoms with Crippen LogP contribution < -0.4 is 10.2 Å². The summed E-state index contributed by atoms with van der Waals surface area (Å²) in [5.41, 5.74) is 0.314. The van der Waals surface area contributed by atoms with Crippen LogP contribution in [0.1, 0.15) is 16.9 Å². The molecule has 1 atom stereocenters. The van der Waals surface area contributed by atoms with Crippen molar-refractivity contribution in [1.29, 1.82) is 0 Å². The van der Waals surface area contributed by atoms with E-state index in [0.29, 0.717) is 11.6 Å². The van der Waals surface area contributed by atoms with Gasteiger partial charge in [-0.25, -0.2) is 0 Å². The first-order chi connectivity index (χ1) is 8.24. The standard InChI is InChI=1S/C11H16N4O2/c1-12-11(17)9-2-3-10(14-13-9)15-5-4-8(6-15)7-16/h2-3,8,16H,4-7H2,1H3,(H,12,17). The average Bonchev–Trinajstić information content (AvgIpc) is 2.87. The van der Waals surface area contributed by atoms with E-state index in [-0.39, 0.29) is 12.5 Å². The summed E-state index contributed by atoms with van der Waals surface area (Å²) in [6.07, 6.45) is 0.968. The summed E-state index contributed by atoms with van der Waals surface area (Å²) in [5.74, 6) is 0.836. The third kappa shape index (κ3) is 2.52. The van der Waals surface area contributed by atoms with E-state index in [1.54, 1.807) is 19.2 Å². The highest BCUT2D eigenvalue weighted by molar-refractivity contribution is 5.91. The Balaban J connectivity index is 2.06. The molecule has 92 valence electrons. The summed E-state index contributed by atoms with van der Waals surface area (Å²) in [4.78, 5) is 13.4. The first-order valence-electron chi connectivity index (χ1n) is 5.66. The third-order valence-electron chi connectivity index (χ3n) is 2.98. The van der Waals surface area contributed by atoms with Gasteiger partial charge in [-0.05, 0) is 18.6 Å². The number of hydrogen-bond acceptors (Lipinski definition) is 5. The molecule has 0 aliphatic carbocycles. The van der Waals surface area contributed by atoms with E-state index in [4.69, 9.17) is 5.11 Å². The Morgan fingerprint density at radius 1 is 1.59 bits per heavy atom. The van der Waals surface area contributed by atoms with E-state index in [2.05, 4.69) is 20.4 Å². The highest BCUT2D eigenvalue weighted by atomic mass is 16.3. The second-order valence-electron chi connectivity index (χ2n) is 4.14. The van der Waals surface area contributed by atoms with Crippen molar-refractivity contribution in [3.63, 3.8) is 0 Å². The SMILES string of the molecule is CNC(=O)c1ccc(N2CCC(CO)C2)nn1. The van der Waals surface area contributed by atoms with E-state index in [1.807, 2.05) is 0 Å². The van der Waals surface area contributed by atoms with E-state index >= 15 is 0 Å². The summed E-state index contributed by atoms with van der Waals surface area (Å²) in [6.45, 7) is 1.88. The molecule has 1 amide bonds. The maximum absolute atomic E-state index is 11.3. The van der Waals surface area contributed by atoms with Gasteiger partial charge < -0.3 is 15.3 Å². The molecule has 6 nitrogen and oxygen atoms in total. The molecule has 0 saturated carbocycles. The minimum absolute atomic E-state index is 0.209. The largest absolute Gasteiger partial charge is 0.396 e. The number of anilines is 1. The Morgan fingerprint density at radius 2 is 2.41 bits per heavy atom. The van der Waals surface area contributed by atoms with Crippen molar-refractivity contribution in [1.82, 2.24) is 15.5 Å². The molecule has 1 aliphatic rings. The number of aromatic nitrogens is 2. The van der Waals surface area contributed by atoms with Crippen molar-refractivity contribution in [2.45, 2.75) is 6.42 Å². The van der Waals surface area contributed by atoms with E-state index in [0.717, 1.165) is 25.3 Å². The molecule has 1 aromatic heterocycles. The molecule has 0 aromatic carbocycles. The van der Waals surface area contributed by atoms with Crippen LogP contribution in [0.25, 0.3) is 0 Å². The van der Waals surface area contributed by atoms with Crippen molar-refractivity contribution < 1.29 is 9.90 Å². The fourth-order valence-electron chi connectivity index (χ4n) is 1.93. The maximum Gasteiger partial charge on any atom is 0.271 e. The van der Waals surface area contributed by atoms with Gasteiger partial charge in [0.05, 0.1) is 0 Å². The molecule has 6 heteroatoms. The first-order valence-corrected chi connectivity index (χ1v) is 5.66. The van der Waals surface area contributed by atoms with Crippen molar-refractivity contribution in [3.05, 3.63) is 17.8 Å². The van der Waals surface area contributed by atoms with Crippen LogP contribution in [0.3, 0.4) is 0 Å². The molecule has 1 aromatic rings. The zero-order chi connectivity index (χ0) is 12.3. The Hall–Kier alpha value is -1.69. The van der Waals surface area contributed by atoms with Gasteiger partial charge in [0.1, 0.15) is 0 Å². The normalized spacial score (nSPS) is 19.4. The topological polar surface area (TPSA) is 78.4 Å². The number of amides is 1. The van der Waals surface area contributed by atoms with Crippen molar-refractivity contribution >= 4 is 11.7 Å². The van der Waals surface area contributed by atoms with Crippen LogP contribution in [0.5, 0.6) is 0 Å². The minimum Gasteiger partial charge on any atom is -0.396 e. The second-order valence-corrected chi connectivity index (χ2v) is 4.14. The van der Waals surface area contributed by atoms with Gasteiger partial charge in [-0.3, -0.25) is 4.79 Å². The van der Waals surface area contributed by atoms with Gasteiger partial charge in [-0.1, -0.05) is 0 Å². The lowest BCUT2D eigenvalue weighted by molar-refractivity contribution is 0.0957. The van der Waals surface area contributed by atoms with Crippen LogP contribution >= 0.6 is 0 Å². The van der Waals surface area contributed by atoms with Crippen LogP contribution in [0.15, 0.2) is 12.1 Å². The molecule has 17 heavy (non-hydrogen) atoms. The highest BCUT2D eigenvalue weighted by Crippen LogP contribution is 2.20. The molecular weight excluding hydrogens is 220 g/mol. The predicted molar refractivity (Wildman–Crippen MR) is 62.8 cm³/mol. The number of rotatable bonds is 3. The smallest absolute Gasteiger partial charge is 0.271 e. The molecule has 1 unspecified atom stereocenters. The van der Waals surface area contributed by atoms with Crippen molar-refractivity contribution in [3.8, 4) is 0 Å². The van der Waals surface area contributed by atoms with Gasteiger partial charge >= 0.3 is 0 Å². The van der Waals surface area contributed by atoms with Crippen LogP contribution in [-0.4, -0.2) is 48.0 Å². The van der Waals surface area contributed by atoms with Gasteiger partial charge in [-0.2, -0.15) is 0 Å². The summed E-state index contributed by atoms with van der Waals surface area (Å²) in [7, 11) is 1.56. The number of aliphatic hydroxyl groups excluding tert-OH is 1. The van der Waals surface area contributed by atoms with Gasteiger partial charge in [-0.15, -0.1) is 10.2 Å². The lowest BCUT2D eigenvalue weighted by atomic mass is 10.1. The van der Waals surface area contributed by atoms with E-state index < -0.39 is 0 Å². The van der Waals surface area contributed by atoms with Crippen molar-refractivity contribution in [2.24, 2.45) is 5.92 Å². The van der Waals surface area contributed by atoms with Gasteiger partial charge in [0.25, 0.3) is 5.91 Å². The second kappa shape index (κ2) is 5.09. The summed E-state index contributed by atoms with van der Waals surface area (Å²) in [6, 6.07) is 3.45. The number of carbonyl (C=O) groups excluding carboxylic acids is 1. The average molecular weight is 236 g/mol. The molecular formula is C11H16N4O2. The Kier molecular flexibility index (Phi) is 3.53. The molecule has 0 spiro atoms. The zero-order valence-corrected chi connectivity index (χ0v) is 9.76. The maximum atomic E-state index is 11.3. The molecule has 2 rings (SSSR count). The molecule has 2 N–H and O–H groups in total. The van der Waals surface area contributed by atoms with Gasteiger partial charge in [0.15, 0.2) is 11.5 Å². The fourth-order valence-corrected chi connectivity index (χ4v) is 1.93. The quantitative estimate of drug-likeness (QED) is 0.750. The highest BCUT2D eigenvalue weighted by Gasteiger charge is 2.23. The Labute approximate surface area is 99.7 Å². The van der Waals surface area contributed by atoms with Crippen LogP contribution in [0, 0.1) is 5.92 Å². The zero-order valence-electron chi connectivity index (χ0n) is 9.76. The number of aliphatic hydroxyl groups is 1. The third-order valence-corrected chi connectivity index (χ3v) is 2.98. The number of nitrogens with one attached hydrogen (secondary N) is 1. The molecule has 1 fully saturated rings.